The highest BCUT2D eigenvalue weighted by atomic mass is 19.4. The largest absolute Gasteiger partial charge is 0.425 e. The molecule has 0 amide bonds. The van der Waals surface area contributed by atoms with Gasteiger partial charge < -0.3 is 0 Å². The number of hydrogen-bond donors (Lipinski definition) is 1. The van der Waals surface area contributed by atoms with Crippen LogP contribution in [-0.2, 0) is 7.05 Å². The number of aliphatic imine (C=N–C) groups is 1. The van der Waals surface area contributed by atoms with Gasteiger partial charge in [-0.15, -0.1) is 0 Å². The molecule has 0 spiro atoms. The van der Waals surface area contributed by atoms with E-state index in [4.69, 9.17) is 0 Å². The summed E-state index contributed by atoms with van der Waals surface area (Å²) < 4.78 is 39.3. The molecule has 17 heavy (non-hydrogen) atoms. The Morgan fingerprint density at radius 3 is 2.65 bits per heavy atom. The van der Waals surface area contributed by atoms with Gasteiger partial charge in [-0.1, -0.05) is 0 Å². The number of hydrazine groups is 1. The van der Waals surface area contributed by atoms with Crippen LogP contribution in [0.3, 0.4) is 0 Å². The van der Waals surface area contributed by atoms with E-state index in [1.165, 1.54) is 12.1 Å². The van der Waals surface area contributed by atoms with Crippen molar-refractivity contribution in [3.63, 3.8) is 0 Å². The van der Waals surface area contributed by atoms with E-state index in [-0.39, 0.29) is 5.84 Å². The Hall–Kier alpha value is -1.63. The first kappa shape index (κ1) is 11.8. The third-order valence-electron chi connectivity index (χ3n) is 2.48. The van der Waals surface area contributed by atoms with Crippen molar-refractivity contribution >= 4 is 5.84 Å². The van der Waals surface area contributed by atoms with Crippen LogP contribution in [0, 0.1) is 0 Å². The molecule has 1 unspecified atom stereocenters. The van der Waals surface area contributed by atoms with Crippen LogP contribution in [0.25, 0.3) is 0 Å². The molecule has 0 saturated heterocycles. The Labute approximate surface area is 96.4 Å². The maximum absolute atomic E-state index is 12.5. The van der Waals surface area contributed by atoms with Crippen LogP contribution < -0.4 is 9.99 Å². The number of aromatic nitrogens is 1. The zero-order chi connectivity index (χ0) is 12.6. The number of rotatable bonds is 1. The van der Waals surface area contributed by atoms with Gasteiger partial charge in [0.15, 0.2) is 6.20 Å². The first-order valence-electron chi connectivity index (χ1n) is 4.99. The smallest absolute Gasteiger partial charge is 0.288 e. The molecule has 2 heterocycles. The zero-order valence-corrected chi connectivity index (χ0v) is 9.36. The Bertz CT molecular complexity index is 455. The van der Waals surface area contributed by atoms with Crippen LogP contribution in [-0.4, -0.2) is 30.2 Å². The van der Waals surface area contributed by atoms with Gasteiger partial charge in [0, 0.05) is 19.2 Å². The van der Waals surface area contributed by atoms with Crippen molar-refractivity contribution in [2.45, 2.75) is 12.3 Å². The van der Waals surface area contributed by atoms with Gasteiger partial charge >= 0.3 is 6.18 Å². The highest BCUT2D eigenvalue weighted by Crippen LogP contribution is 2.24. The fraction of sp³-hybridized carbons (Fsp3) is 0.400. The number of halogens is 3. The molecule has 4 nitrogen and oxygen atoms in total. The molecule has 92 valence electrons. The summed E-state index contributed by atoms with van der Waals surface area (Å²) in [5.74, 6) is 0.274. The van der Waals surface area contributed by atoms with E-state index in [1.54, 1.807) is 36.0 Å². The lowest BCUT2D eigenvalue weighted by Crippen LogP contribution is -2.46. The summed E-state index contributed by atoms with van der Waals surface area (Å²) in [5, 5.41) is 1.29. The highest BCUT2D eigenvalue weighted by molar-refractivity contribution is 5.96. The van der Waals surface area contributed by atoms with Crippen LogP contribution in [0.5, 0.6) is 0 Å². The minimum absolute atomic E-state index is 0.274. The number of nitrogens with zero attached hydrogens (tertiary/aromatic N) is 3. The predicted octanol–water partition coefficient (Wildman–Crippen LogP) is 0.596. The van der Waals surface area contributed by atoms with Crippen LogP contribution in [0.4, 0.5) is 13.2 Å². The third-order valence-corrected chi connectivity index (χ3v) is 2.48. The molecule has 1 aliphatic heterocycles. The molecule has 0 saturated carbocycles. The van der Waals surface area contributed by atoms with E-state index < -0.39 is 12.3 Å². The summed E-state index contributed by atoms with van der Waals surface area (Å²) in [6, 6.07) is 5.27. The van der Waals surface area contributed by atoms with Gasteiger partial charge in [-0.25, -0.2) is 10.4 Å². The Kier molecular flexibility index (Phi) is 2.78. The fourth-order valence-corrected chi connectivity index (χ4v) is 1.62. The second-order valence-electron chi connectivity index (χ2n) is 3.78. The average Bonchev–Trinajstić information content (AvgIpc) is 2.61. The quantitative estimate of drug-likeness (QED) is 0.734. The fourth-order valence-electron chi connectivity index (χ4n) is 1.62. The maximum atomic E-state index is 12.5. The van der Waals surface area contributed by atoms with Gasteiger partial charge in [0.2, 0.25) is 17.7 Å². The molecule has 2 rings (SSSR count). The summed E-state index contributed by atoms with van der Waals surface area (Å²) in [5.41, 5.74) is 2.88. The highest BCUT2D eigenvalue weighted by Gasteiger charge is 2.45. The van der Waals surface area contributed by atoms with Crippen LogP contribution in [0.2, 0.25) is 0 Å². The van der Waals surface area contributed by atoms with Gasteiger partial charge in [0.25, 0.3) is 0 Å². The molecule has 1 aromatic rings. The Balaban J connectivity index is 2.37. The number of aryl methyl sites for hydroxylation is 1. The molecule has 1 aromatic heterocycles. The van der Waals surface area contributed by atoms with E-state index in [1.807, 2.05) is 0 Å². The molecule has 1 N–H and O–H groups in total. The van der Waals surface area contributed by atoms with Crippen molar-refractivity contribution < 1.29 is 17.7 Å². The van der Waals surface area contributed by atoms with Crippen LogP contribution in [0.15, 0.2) is 29.4 Å². The Morgan fingerprint density at radius 2 is 2.12 bits per heavy atom. The normalized spacial score (nSPS) is 20.6. The Morgan fingerprint density at radius 1 is 1.41 bits per heavy atom. The van der Waals surface area contributed by atoms with Gasteiger partial charge in [0.05, 0.1) is 0 Å². The average molecular weight is 245 g/mol. The molecule has 0 aliphatic carbocycles. The van der Waals surface area contributed by atoms with Gasteiger partial charge in [-0.2, -0.15) is 17.7 Å². The molecule has 1 atom stereocenters. The van der Waals surface area contributed by atoms with Gasteiger partial charge in [-0.3, -0.25) is 5.01 Å². The third kappa shape index (κ3) is 2.23. The number of pyridine rings is 1. The van der Waals surface area contributed by atoms with E-state index >= 15 is 0 Å². The molecule has 0 bridgehead atoms. The van der Waals surface area contributed by atoms with E-state index in [9.17, 15) is 13.2 Å². The standard InChI is InChI=1S/C10H12F3N4/c1-16-6-4-3-5-7(16)8-14-9(10(11,12)13)15-17(8)2/h3-6,9,15H,1-2H3/q+1. The molecule has 0 radical (unpaired) electrons. The molecule has 1 aliphatic rings. The topological polar surface area (TPSA) is 31.5 Å². The lowest BCUT2D eigenvalue weighted by molar-refractivity contribution is -0.673. The molecule has 0 fully saturated rings. The van der Waals surface area contributed by atoms with Crippen molar-refractivity contribution in [2.24, 2.45) is 12.0 Å². The predicted molar refractivity (Wildman–Crippen MR) is 54.9 cm³/mol. The minimum Gasteiger partial charge on any atom is -0.288 e. The van der Waals surface area contributed by atoms with Crippen molar-refractivity contribution in [3.8, 4) is 0 Å². The SMILES string of the molecule is CN1NC(C(F)(F)F)N=C1c1cccc[n+]1C. The van der Waals surface area contributed by atoms with Gasteiger partial charge in [0.1, 0.15) is 7.05 Å². The first-order valence-corrected chi connectivity index (χ1v) is 4.99. The van der Waals surface area contributed by atoms with E-state index in [0.29, 0.717) is 5.69 Å². The van der Waals surface area contributed by atoms with Crippen LogP contribution >= 0.6 is 0 Å². The lowest BCUT2D eigenvalue weighted by Gasteiger charge is -2.16. The minimum atomic E-state index is -4.39. The van der Waals surface area contributed by atoms with Crippen LogP contribution in [0.1, 0.15) is 5.69 Å². The summed E-state index contributed by atoms with van der Waals surface area (Å²) in [7, 11) is 3.27. The number of nitrogens with one attached hydrogen (secondary N) is 1. The number of alkyl halides is 3. The molecular formula is C10H12F3N4+. The van der Waals surface area contributed by atoms with Gasteiger partial charge in [-0.05, 0) is 6.07 Å². The second kappa shape index (κ2) is 3.99. The first-order chi connectivity index (χ1) is 7.89. The summed E-state index contributed by atoms with van der Waals surface area (Å²) in [4.78, 5) is 3.66. The summed E-state index contributed by atoms with van der Waals surface area (Å²) in [6.45, 7) is 0. The molecule has 7 heteroatoms. The number of hydrogen-bond acceptors (Lipinski definition) is 3. The number of amidine groups is 1. The lowest BCUT2D eigenvalue weighted by atomic mass is 10.3. The van der Waals surface area contributed by atoms with Crippen molar-refractivity contribution in [1.29, 1.82) is 0 Å². The summed E-state index contributed by atoms with van der Waals surface area (Å²) in [6.07, 6.45) is -4.50. The van der Waals surface area contributed by atoms with Crippen molar-refractivity contribution in [3.05, 3.63) is 30.1 Å². The van der Waals surface area contributed by atoms with Crippen molar-refractivity contribution in [2.75, 3.05) is 7.05 Å². The monoisotopic (exact) mass is 245 g/mol. The summed E-state index contributed by atoms with van der Waals surface area (Å²) >= 11 is 0. The zero-order valence-electron chi connectivity index (χ0n) is 9.36. The van der Waals surface area contributed by atoms with Crippen molar-refractivity contribution in [1.82, 2.24) is 10.4 Å². The molecule has 0 aromatic carbocycles. The second-order valence-corrected chi connectivity index (χ2v) is 3.78. The van der Waals surface area contributed by atoms with E-state index in [0.717, 1.165) is 0 Å². The maximum Gasteiger partial charge on any atom is 0.425 e. The molecular weight excluding hydrogens is 233 g/mol. The van der Waals surface area contributed by atoms with E-state index in [2.05, 4.69) is 10.4 Å².